The zero-order valence-electron chi connectivity index (χ0n) is 20.3. The van der Waals surface area contributed by atoms with Gasteiger partial charge in [0.1, 0.15) is 0 Å². The van der Waals surface area contributed by atoms with Gasteiger partial charge in [-0.2, -0.15) is 0 Å². The summed E-state index contributed by atoms with van der Waals surface area (Å²) in [4.78, 5) is 0. The molecule has 5 rings (SSSR count). The Balaban J connectivity index is 1.25. The number of hydrogen-bond acceptors (Lipinski definition) is 3. The fraction of sp³-hybridized carbons (Fsp3) is 1.00. The molecule has 0 heterocycles. The largest absolute Gasteiger partial charge is 0.393 e. The first kappa shape index (κ1) is 25.0. The monoisotopic (exact) mass is 670 g/mol. The van der Waals surface area contributed by atoms with Crippen molar-refractivity contribution in [1.29, 1.82) is 0 Å². The molecular weight excluding hydrogens is 626 g/mol. The zero-order valence-corrected chi connectivity index (χ0v) is 24.6. The van der Waals surface area contributed by atoms with Crippen LogP contribution in [0.1, 0.15) is 91.4 Å². The number of rotatable bonds is 7. The molecule has 0 aliphatic heterocycles. The van der Waals surface area contributed by atoms with Gasteiger partial charge in [0, 0.05) is 20.1 Å². The molecule has 5 saturated carbocycles. The van der Waals surface area contributed by atoms with Crippen LogP contribution in [0, 0.1) is 40.9 Å². The molecular formula is C27H44I2O3. The van der Waals surface area contributed by atoms with E-state index in [1.165, 1.54) is 57.8 Å². The van der Waals surface area contributed by atoms with Crippen LogP contribution in [0.3, 0.4) is 0 Å². The Morgan fingerprint density at radius 3 is 2.56 bits per heavy atom. The van der Waals surface area contributed by atoms with E-state index in [2.05, 4.69) is 52.1 Å². The van der Waals surface area contributed by atoms with Crippen molar-refractivity contribution in [1.82, 2.24) is 0 Å². The van der Waals surface area contributed by atoms with Crippen molar-refractivity contribution in [2.45, 2.75) is 111 Å². The zero-order chi connectivity index (χ0) is 22.7. The molecule has 5 heteroatoms. The molecule has 32 heavy (non-hydrogen) atoms. The summed E-state index contributed by atoms with van der Waals surface area (Å²) in [7, 11) is 0. The maximum Gasteiger partial charge on any atom is 0.154 e. The predicted molar refractivity (Wildman–Crippen MR) is 146 cm³/mol. The van der Waals surface area contributed by atoms with Crippen molar-refractivity contribution in [2.75, 3.05) is 13.2 Å². The van der Waals surface area contributed by atoms with Crippen molar-refractivity contribution in [3.8, 4) is 0 Å². The molecule has 5 aliphatic carbocycles. The fourth-order valence-electron chi connectivity index (χ4n) is 9.65. The second kappa shape index (κ2) is 9.33. The van der Waals surface area contributed by atoms with Crippen LogP contribution < -0.4 is 0 Å². The first-order chi connectivity index (χ1) is 15.3. The van der Waals surface area contributed by atoms with E-state index in [-0.39, 0.29) is 12.4 Å². The summed E-state index contributed by atoms with van der Waals surface area (Å²) < 4.78 is 12.4. The van der Waals surface area contributed by atoms with Crippen LogP contribution in [0.5, 0.6) is 0 Å². The van der Waals surface area contributed by atoms with Gasteiger partial charge in [-0.15, -0.1) is 0 Å². The summed E-state index contributed by atoms with van der Waals surface area (Å²) in [5.41, 5.74) is 0.604. The molecule has 0 bridgehead atoms. The standard InChI is InChI=1S/C27H44I2O3/c1-4-31-18(3)32-15-5-6-22-17(2)25(22)12-10-24-21-8-7-19-16-20(30)9-13-26(19,28)23(21)11-14-27(24,25)29/h17-24,30H,4-16H2,1-3H3/t17?,18-,19?,20?,21?,22?,23?,24?,25?,26?,27?/m1/s1. The molecule has 0 radical (unpaired) electrons. The molecule has 184 valence electrons. The molecule has 5 aliphatic rings. The summed E-state index contributed by atoms with van der Waals surface area (Å²) in [5, 5.41) is 10.3. The van der Waals surface area contributed by atoms with E-state index < -0.39 is 0 Å². The quantitative estimate of drug-likeness (QED) is 0.135. The summed E-state index contributed by atoms with van der Waals surface area (Å²) in [5.74, 6) is 5.33. The van der Waals surface area contributed by atoms with E-state index in [0.29, 0.717) is 12.3 Å². The van der Waals surface area contributed by atoms with Crippen molar-refractivity contribution in [2.24, 2.45) is 40.9 Å². The van der Waals surface area contributed by atoms with Gasteiger partial charge < -0.3 is 14.6 Å². The Labute approximate surface area is 223 Å². The summed E-state index contributed by atoms with van der Waals surface area (Å²) >= 11 is 5.91. The minimum atomic E-state index is -0.0655. The van der Waals surface area contributed by atoms with E-state index >= 15 is 0 Å². The van der Waals surface area contributed by atoms with E-state index in [9.17, 15) is 5.11 Å². The summed E-state index contributed by atoms with van der Waals surface area (Å²) in [6.45, 7) is 8.19. The minimum Gasteiger partial charge on any atom is -0.393 e. The summed E-state index contributed by atoms with van der Waals surface area (Å²) in [6.07, 6.45) is 14.4. The van der Waals surface area contributed by atoms with Gasteiger partial charge in [0.25, 0.3) is 0 Å². The molecule has 10 unspecified atom stereocenters. The first-order valence-electron chi connectivity index (χ1n) is 13.6. The number of ether oxygens (including phenoxy) is 2. The second-order valence-corrected chi connectivity index (χ2v) is 15.9. The van der Waals surface area contributed by atoms with Gasteiger partial charge in [0.15, 0.2) is 6.29 Å². The summed E-state index contributed by atoms with van der Waals surface area (Å²) in [6, 6.07) is 0. The molecule has 5 fully saturated rings. The van der Waals surface area contributed by atoms with Gasteiger partial charge in [-0.1, -0.05) is 52.1 Å². The first-order valence-corrected chi connectivity index (χ1v) is 15.7. The Morgan fingerprint density at radius 2 is 1.78 bits per heavy atom. The highest BCUT2D eigenvalue weighted by Gasteiger charge is 2.76. The predicted octanol–water partition coefficient (Wildman–Crippen LogP) is 7.16. The van der Waals surface area contributed by atoms with Gasteiger partial charge in [-0.3, -0.25) is 0 Å². The fourth-order valence-corrected chi connectivity index (χ4v) is 13.5. The molecule has 0 amide bonds. The van der Waals surface area contributed by atoms with Crippen molar-refractivity contribution >= 4 is 45.2 Å². The van der Waals surface area contributed by atoms with Crippen LogP contribution in [0.2, 0.25) is 0 Å². The van der Waals surface area contributed by atoms with Crippen molar-refractivity contribution < 1.29 is 14.6 Å². The number of alkyl halides is 2. The average Bonchev–Trinajstić information content (AvgIpc) is 3.19. The van der Waals surface area contributed by atoms with Crippen LogP contribution in [0.15, 0.2) is 0 Å². The SMILES string of the molecule is CCO[C@@H](C)OCCCC1C(C)C12CCC1C3CCC4CC(O)CCC4(I)C3CCC12I. The topological polar surface area (TPSA) is 38.7 Å². The van der Waals surface area contributed by atoms with Crippen LogP contribution >= 0.6 is 45.2 Å². The highest BCUT2D eigenvalue weighted by Crippen LogP contribution is 2.81. The molecule has 0 saturated heterocycles. The second-order valence-electron chi connectivity index (χ2n) is 11.9. The van der Waals surface area contributed by atoms with Gasteiger partial charge in [0.05, 0.1) is 6.10 Å². The molecule has 0 aromatic heterocycles. The normalized spacial score (nSPS) is 52.9. The van der Waals surface area contributed by atoms with Crippen molar-refractivity contribution in [3.05, 3.63) is 0 Å². The highest BCUT2D eigenvalue weighted by molar-refractivity contribution is 14.1. The smallest absolute Gasteiger partial charge is 0.154 e. The van der Waals surface area contributed by atoms with Gasteiger partial charge >= 0.3 is 0 Å². The van der Waals surface area contributed by atoms with Crippen LogP contribution in [0.4, 0.5) is 0 Å². The molecule has 0 aromatic rings. The molecule has 3 nitrogen and oxygen atoms in total. The average molecular weight is 670 g/mol. The molecule has 11 atom stereocenters. The minimum absolute atomic E-state index is 0.0324. The van der Waals surface area contributed by atoms with Gasteiger partial charge in [0.2, 0.25) is 0 Å². The van der Waals surface area contributed by atoms with E-state index in [1.54, 1.807) is 0 Å². The van der Waals surface area contributed by atoms with Crippen LogP contribution in [-0.4, -0.2) is 37.6 Å². The Morgan fingerprint density at radius 1 is 1.00 bits per heavy atom. The number of hydrogen-bond donors (Lipinski definition) is 1. The van der Waals surface area contributed by atoms with E-state index in [0.717, 1.165) is 61.6 Å². The Kier molecular flexibility index (Phi) is 7.29. The molecule has 0 aromatic carbocycles. The van der Waals surface area contributed by atoms with E-state index in [4.69, 9.17) is 9.47 Å². The van der Waals surface area contributed by atoms with E-state index in [1.807, 2.05) is 13.8 Å². The van der Waals surface area contributed by atoms with Crippen LogP contribution in [0.25, 0.3) is 0 Å². The van der Waals surface area contributed by atoms with Gasteiger partial charge in [-0.05, 0) is 125 Å². The lowest BCUT2D eigenvalue weighted by Crippen LogP contribution is -2.57. The number of aliphatic hydroxyl groups excluding tert-OH is 1. The maximum absolute atomic E-state index is 10.3. The lowest BCUT2D eigenvalue weighted by molar-refractivity contribution is -0.127. The molecule has 1 spiro atoms. The van der Waals surface area contributed by atoms with Gasteiger partial charge in [-0.25, -0.2) is 0 Å². The highest BCUT2D eigenvalue weighted by atomic mass is 127. The lowest BCUT2D eigenvalue weighted by Gasteiger charge is -2.59. The Bertz CT molecular complexity index is 690. The maximum atomic E-state index is 10.3. The van der Waals surface area contributed by atoms with Crippen molar-refractivity contribution in [3.63, 3.8) is 0 Å². The van der Waals surface area contributed by atoms with Crippen LogP contribution in [-0.2, 0) is 9.47 Å². The Hall–Kier alpha value is 1.34. The number of fused-ring (bicyclic) bond motifs is 6. The third kappa shape index (κ3) is 3.78. The third-order valence-electron chi connectivity index (χ3n) is 11.0. The number of halogens is 2. The third-order valence-corrected chi connectivity index (χ3v) is 15.6. The number of aliphatic hydroxyl groups is 1. The molecule has 1 N–H and O–H groups in total. The lowest BCUT2D eigenvalue weighted by atomic mass is 9.52.